The molecule has 0 bridgehead atoms. The number of H-pyrrole nitrogens is 1. The molecule has 4 rings (SSSR count). The standard InChI is InChI=1S/C18H26N6OS/c1-11-3-4-14-15(9-11)26-18(20-14)21-16(25)10-24-7-5-13(6-8-24)17-19-12(2)22-23-17/h11,13H,3-10H2,1-2H3,(H,19,22,23)(H,20,21,25). The van der Waals surface area contributed by atoms with Crippen LogP contribution in [0.5, 0.6) is 0 Å². The van der Waals surface area contributed by atoms with Crippen molar-refractivity contribution in [3.8, 4) is 0 Å². The Bertz CT molecular complexity index is 776. The van der Waals surface area contributed by atoms with Gasteiger partial charge in [0.25, 0.3) is 0 Å². The molecule has 8 heteroatoms. The van der Waals surface area contributed by atoms with E-state index in [4.69, 9.17) is 0 Å². The van der Waals surface area contributed by atoms with Crippen molar-refractivity contribution in [2.24, 2.45) is 5.92 Å². The van der Waals surface area contributed by atoms with Crippen LogP contribution in [0.1, 0.15) is 54.3 Å². The molecule has 0 saturated carbocycles. The van der Waals surface area contributed by atoms with E-state index in [0.29, 0.717) is 12.5 Å². The number of rotatable bonds is 4. The molecule has 2 aliphatic rings. The summed E-state index contributed by atoms with van der Waals surface area (Å²) in [5, 5.41) is 11.0. The molecule has 7 nitrogen and oxygen atoms in total. The van der Waals surface area contributed by atoms with Crippen molar-refractivity contribution < 1.29 is 4.79 Å². The highest BCUT2D eigenvalue weighted by Crippen LogP contribution is 2.32. The fourth-order valence-electron chi connectivity index (χ4n) is 3.85. The van der Waals surface area contributed by atoms with Crippen LogP contribution >= 0.6 is 11.3 Å². The number of aromatic amines is 1. The molecule has 2 N–H and O–H groups in total. The van der Waals surface area contributed by atoms with Gasteiger partial charge < -0.3 is 5.32 Å². The fourth-order valence-corrected chi connectivity index (χ4v) is 5.03. The van der Waals surface area contributed by atoms with Crippen molar-refractivity contribution in [3.63, 3.8) is 0 Å². The van der Waals surface area contributed by atoms with Crippen molar-refractivity contribution in [3.05, 3.63) is 22.2 Å². The normalized spacial score (nSPS) is 21.5. The molecule has 26 heavy (non-hydrogen) atoms. The number of nitrogens with zero attached hydrogens (tertiary/aromatic N) is 4. The Morgan fingerprint density at radius 2 is 2.12 bits per heavy atom. The second-order valence-corrected chi connectivity index (χ2v) is 8.70. The van der Waals surface area contributed by atoms with Crippen LogP contribution < -0.4 is 5.32 Å². The highest BCUT2D eigenvalue weighted by molar-refractivity contribution is 7.15. The van der Waals surface area contributed by atoms with Gasteiger partial charge >= 0.3 is 0 Å². The Hall–Kier alpha value is -1.80. The monoisotopic (exact) mass is 374 g/mol. The molecule has 0 aromatic carbocycles. The lowest BCUT2D eigenvalue weighted by Gasteiger charge is -2.29. The Kier molecular flexibility index (Phi) is 5.04. The summed E-state index contributed by atoms with van der Waals surface area (Å²) in [6.45, 7) is 6.44. The molecule has 140 valence electrons. The fraction of sp³-hybridized carbons (Fsp3) is 0.667. The van der Waals surface area contributed by atoms with Crippen LogP contribution in [0, 0.1) is 12.8 Å². The minimum absolute atomic E-state index is 0.0383. The summed E-state index contributed by atoms with van der Waals surface area (Å²) in [5.41, 5.74) is 1.19. The number of carbonyl (C=O) groups excluding carboxylic acids is 1. The topological polar surface area (TPSA) is 86.8 Å². The number of amides is 1. The lowest BCUT2D eigenvalue weighted by molar-refractivity contribution is -0.117. The molecule has 1 amide bonds. The van der Waals surface area contributed by atoms with Gasteiger partial charge in [0, 0.05) is 10.8 Å². The number of hydrogen-bond donors (Lipinski definition) is 2. The van der Waals surface area contributed by atoms with E-state index in [1.807, 2.05) is 6.92 Å². The van der Waals surface area contributed by atoms with Gasteiger partial charge in [-0.05, 0) is 58.0 Å². The number of carbonyl (C=O) groups is 1. The van der Waals surface area contributed by atoms with E-state index in [0.717, 1.165) is 61.5 Å². The number of aromatic nitrogens is 4. The van der Waals surface area contributed by atoms with Crippen LogP contribution in [0.4, 0.5) is 5.13 Å². The number of thiazole rings is 1. The van der Waals surface area contributed by atoms with Gasteiger partial charge in [-0.3, -0.25) is 14.8 Å². The maximum Gasteiger partial charge on any atom is 0.240 e. The summed E-state index contributed by atoms with van der Waals surface area (Å²) in [4.78, 5) is 25.0. The zero-order chi connectivity index (χ0) is 18.1. The number of nitrogens with one attached hydrogen (secondary N) is 2. The number of anilines is 1. The highest BCUT2D eigenvalue weighted by Gasteiger charge is 2.25. The summed E-state index contributed by atoms with van der Waals surface area (Å²) < 4.78 is 0. The molecule has 1 unspecified atom stereocenters. The van der Waals surface area contributed by atoms with Gasteiger partial charge in [-0.2, -0.15) is 5.10 Å². The van der Waals surface area contributed by atoms with Gasteiger partial charge in [-0.1, -0.05) is 6.92 Å². The molecule has 1 aliphatic heterocycles. The molecule has 0 spiro atoms. The minimum Gasteiger partial charge on any atom is -0.301 e. The first-order valence-electron chi connectivity index (χ1n) is 9.46. The van der Waals surface area contributed by atoms with Crippen LogP contribution in [0.25, 0.3) is 0 Å². The third-order valence-electron chi connectivity index (χ3n) is 5.37. The predicted octanol–water partition coefficient (Wildman–Crippen LogP) is 2.51. The third-order valence-corrected chi connectivity index (χ3v) is 6.40. The lowest BCUT2D eigenvalue weighted by atomic mass is 9.93. The zero-order valence-corrected chi connectivity index (χ0v) is 16.2. The smallest absolute Gasteiger partial charge is 0.240 e. The van der Waals surface area contributed by atoms with Crippen LogP contribution in [0.2, 0.25) is 0 Å². The van der Waals surface area contributed by atoms with Crippen LogP contribution in [0.3, 0.4) is 0 Å². The average molecular weight is 375 g/mol. The molecule has 1 atom stereocenters. The number of piperidine rings is 1. The first kappa shape index (κ1) is 17.6. The van der Waals surface area contributed by atoms with Crippen molar-refractivity contribution in [1.82, 2.24) is 25.1 Å². The van der Waals surface area contributed by atoms with Crippen LogP contribution in [-0.2, 0) is 17.6 Å². The van der Waals surface area contributed by atoms with Gasteiger partial charge in [0.2, 0.25) is 5.91 Å². The summed E-state index contributed by atoms with van der Waals surface area (Å²) in [5.74, 6) is 2.93. The molecule has 1 saturated heterocycles. The zero-order valence-electron chi connectivity index (χ0n) is 15.4. The van der Waals surface area contributed by atoms with E-state index < -0.39 is 0 Å². The summed E-state index contributed by atoms with van der Waals surface area (Å²) in [7, 11) is 0. The Morgan fingerprint density at radius 1 is 1.31 bits per heavy atom. The first-order valence-corrected chi connectivity index (χ1v) is 10.3. The number of likely N-dealkylation sites (tertiary alicyclic amines) is 1. The molecule has 2 aromatic rings. The van der Waals surface area contributed by atoms with Crippen molar-refractivity contribution >= 4 is 22.4 Å². The molecule has 2 aromatic heterocycles. The second kappa shape index (κ2) is 7.44. The largest absolute Gasteiger partial charge is 0.301 e. The van der Waals surface area contributed by atoms with Gasteiger partial charge in [0.1, 0.15) is 5.82 Å². The number of fused-ring (bicyclic) bond motifs is 1. The Balaban J connectivity index is 1.27. The highest BCUT2D eigenvalue weighted by atomic mass is 32.1. The van der Waals surface area contributed by atoms with E-state index in [9.17, 15) is 4.79 Å². The van der Waals surface area contributed by atoms with Crippen LogP contribution in [0.15, 0.2) is 0 Å². The van der Waals surface area contributed by atoms with Gasteiger partial charge in [-0.25, -0.2) is 9.97 Å². The van der Waals surface area contributed by atoms with Crippen LogP contribution in [-0.4, -0.2) is 50.6 Å². The SMILES string of the molecule is Cc1nc(C2CCN(CC(=O)Nc3nc4c(s3)CC(C)CC4)CC2)n[nH]1. The molecule has 0 radical (unpaired) electrons. The summed E-state index contributed by atoms with van der Waals surface area (Å²) in [6.07, 6.45) is 5.32. The van der Waals surface area contributed by atoms with Crippen molar-refractivity contribution in [1.29, 1.82) is 0 Å². The first-order chi connectivity index (χ1) is 12.6. The molecule has 1 fully saturated rings. The predicted molar refractivity (Wildman–Crippen MR) is 101 cm³/mol. The molecular weight excluding hydrogens is 348 g/mol. The van der Waals surface area contributed by atoms with E-state index in [1.54, 1.807) is 11.3 Å². The summed E-state index contributed by atoms with van der Waals surface area (Å²) >= 11 is 1.65. The molecule has 1 aliphatic carbocycles. The Labute approximate surface area is 157 Å². The molecular formula is C18H26N6OS. The van der Waals surface area contributed by atoms with E-state index in [-0.39, 0.29) is 5.91 Å². The van der Waals surface area contributed by atoms with Gasteiger partial charge in [0.15, 0.2) is 11.0 Å². The minimum atomic E-state index is 0.0383. The molecule has 3 heterocycles. The second-order valence-electron chi connectivity index (χ2n) is 7.61. The van der Waals surface area contributed by atoms with E-state index in [2.05, 4.69) is 37.3 Å². The Morgan fingerprint density at radius 3 is 2.85 bits per heavy atom. The van der Waals surface area contributed by atoms with Gasteiger partial charge in [-0.15, -0.1) is 11.3 Å². The quantitative estimate of drug-likeness (QED) is 0.859. The number of hydrogen-bond acceptors (Lipinski definition) is 6. The number of aryl methyl sites for hydroxylation is 2. The maximum absolute atomic E-state index is 12.4. The lowest BCUT2D eigenvalue weighted by Crippen LogP contribution is -2.38. The van der Waals surface area contributed by atoms with E-state index in [1.165, 1.54) is 17.0 Å². The average Bonchev–Trinajstić information content (AvgIpc) is 3.20. The third kappa shape index (κ3) is 3.96. The maximum atomic E-state index is 12.4. The van der Waals surface area contributed by atoms with E-state index >= 15 is 0 Å². The van der Waals surface area contributed by atoms with Crippen molar-refractivity contribution in [2.75, 3.05) is 25.0 Å². The van der Waals surface area contributed by atoms with Crippen molar-refractivity contribution in [2.45, 2.75) is 51.9 Å². The summed E-state index contributed by atoms with van der Waals surface area (Å²) in [6, 6.07) is 0. The van der Waals surface area contributed by atoms with Gasteiger partial charge in [0.05, 0.1) is 12.2 Å².